The molecule has 0 N–H and O–H groups in total. The van der Waals surface area contributed by atoms with Gasteiger partial charge >= 0.3 is 0 Å². The summed E-state index contributed by atoms with van der Waals surface area (Å²) >= 11 is 0. The largest absolute Gasteiger partial charge is 0.127 e. The molecule has 1 aromatic heterocycles. The van der Waals surface area contributed by atoms with Crippen molar-refractivity contribution < 1.29 is 0 Å². The van der Waals surface area contributed by atoms with Crippen LogP contribution in [0.2, 0.25) is 0 Å². The lowest BCUT2D eigenvalue weighted by molar-refractivity contribution is 1.40. The van der Waals surface area contributed by atoms with Crippen LogP contribution in [0.1, 0.15) is 10.9 Å². The fraction of sp³-hybridized carbons (Fsp3) is 0.0909. The van der Waals surface area contributed by atoms with E-state index in [4.69, 9.17) is 0 Å². The fourth-order valence-electron chi connectivity index (χ4n) is 1.87. The Morgan fingerprint density at radius 2 is 2.08 bits per heavy atom. The Bertz CT molecular complexity index is 463. The van der Waals surface area contributed by atoms with Crippen LogP contribution in [0.5, 0.6) is 0 Å². The average molecular weight is 172 g/mol. The Kier molecular flexibility index (Phi) is 1.22. The molecule has 1 heteroatoms. The third-order valence-electron chi connectivity index (χ3n) is 2.43. The number of allylic oxidation sites excluding steroid dienone is 1. The van der Waals surface area contributed by atoms with Gasteiger partial charge in [0.1, 0.15) is 0 Å². The summed E-state index contributed by atoms with van der Waals surface area (Å²) in [6, 6.07) is 8.75. The Labute approximate surface area is 73.0 Å². The first-order chi connectivity index (χ1) is 5.95. The molecule has 1 aliphatic carbocycles. The van der Waals surface area contributed by atoms with Crippen molar-refractivity contribution in [2.45, 2.75) is 6.42 Å². The highest BCUT2D eigenvalue weighted by molar-refractivity contribution is 7.38. The summed E-state index contributed by atoms with van der Waals surface area (Å²) in [6.45, 7) is 0. The molecule has 0 fully saturated rings. The van der Waals surface area contributed by atoms with E-state index >= 15 is 0 Å². The standard InChI is InChI=1S/C11H9P/c1-2-6-10-8(4-1)9-5-3-7-11(9)12-10/h1-6,12H,7H2. The molecule has 0 amide bonds. The maximum atomic E-state index is 2.27. The van der Waals surface area contributed by atoms with Gasteiger partial charge < -0.3 is 0 Å². The molecule has 0 saturated carbocycles. The number of benzene rings is 1. The van der Waals surface area contributed by atoms with Gasteiger partial charge in [-0.3, -0.25) is 0 Å². The summed E-state index contributed by atoms with van der Waals surface area (Å²) in [5, 5.41) is 4.64. The quantitative estimate of drug-likeness (QED) is 0.571. The molecular formula is C11H9P. The molecule has 1 atom stereocenters. The molecule has 0 bridgehead atoms. The van der Waals surface area contributed by atoms with E-state index in [2.05, 4.69) is 36.4 Å². The maximum absolute atomic E-state index is 2.27. The third kappa shape index (κ3) is 0.735. The van der Waals surface area contributed by atoms with Crippen LogP contribution in [-0.4, -0.2) is 0 Å². The monoisotopic (exact) mass is 172 g/mol. The minimum absolute atomic E-state index is 0.931. The molecule has 1 aliphatic rings. The van der Waals surface area contributed by atoms with Gasteiger partial charge in [-0.1, -0.05) is 36.4 Å². The van der Waals surface area contributed by atoms with E-state index in [1.54, 1.807) is 5.30 Å². The van der Waals surface area contributed by atoms with Crippen LogP contribution in [0.25, 0.3) is 16.6 Å². The van der Waals surface area contributed by atoms with Crippen LogP contribution in [-0.2, 0) is 6.42 Å². The summed E-state index contributed by atoms with van der Waals surface area (Å²) < 4.78 is 0. The minimum Gasteiger partial charge on any atom is -0.127 e. The van der Waals surface area contributed by atoms with E-state index in [1.807, 2.05) is 0 Å². The summed E-state index contributed by atoms with van der Waals surface area (Å²) in [5.41, 5.74) is 1.50. The maximum Gasteiger partial charge on any atom is -0.000923 e. The molecule has 1 unspecified atom stereocenters. The molecule has 12 heavy (non-hydrogen) atoms. The first-order valence-electron chi connectivity index (χ1n) is 4.21. The van der Waals surface area contributed by atoms with Crippen LogP contribution in [0.4, 0.5) is 0 Å². The van der Waals surface area contributed by atoms with Crippen LogP contribution < -0.4 is 0 Å². The SMILES string of the molecule is C1=Cc2c([pH]c3ccccc23)C1. The predicted molar refractivity (Wildman–Crippen MR) is 56.2 cm³/mol. The molecule has 0 saturated heterocycles. The molecule has 1 heterocycles. The molecule has 0 nitrogen and oxygen atoms in total. The van der Waals surface area contributed by atoms with Crippen LogP contribution >= 0.6 is 8.19 Å². The molecule has 0 aliphatic heterocycles. The van der Waals surface area contributed by atoms with Gasteiger partial charge in [-0.05, 0) is 27.8 Å². The molecule has 58 valence electrons. The fourth-order valence-corrected chi connectivity index (χ4v) is 3.30. The van der Waals surface area contributed by atoms with Gasteiger partial charge in [0.2, 0.25) is 0 Å². The van der Waals surface area contributed by atoms with Crippen LogP contribution in [0, 0.1) is 0 Å². The zero-order valence-corrected chi connectivity index (χ0v) is 7.67. The highest BCUT2D eigenvalue weighted by Gasteiger charge is 2.10. The van der Waals surface area contributed by atoms with Crippen molar-refractivity contribution in [1.29, 1.82) is 0 Å². The van der Waals surface area contributed by atoms with Crippen molar-refractivity contribution in [2.24, 2.45) is 0 Å². The lowest BCUT2D eigenvalue weighted by atomic mass is 10.2. The minimum atomic E-state index is 0.931. The predicted octanol–water partition coefficient (Wildman–Crippen LogP) is 3.44. The zero-order chi connectivity index (χ0) is 7.97. The van der Waals surface area contributed by atoms with E-state index in [1.165, 1.54) is 22.5 Å². The van der Waals surface area contributed by atoms with E-state index in [0.717, 1.165) is 8.19 Å². The Morgan fingerprint density at radius 1 is 1.17 bits per heavy atom. The van der Waals surface area contributed by atoms with Crippen molar-refractivity contribution in [1.82, 2.24) is 0 Å². The van der Waals surface area contributed by atoms with E-state index in [9.17, 15) is 0 Å². The average Bonchev–Trinajstić information content (AvgIpc) is 2.62. The van der Waals surface area contributed by atoms with Crippen LogP contribution in [0.15, 0.2) is 30.3 Å². The van der Waals surface area contributed by atoms with Gasteiger partial charge in [0.25, 0.3) is 0 Å². The molecule has 0 radical (unpaired) electrons. The smallest absolute Gasteiger partial charge is 0.000923 e. The van der Waals surface area contributed by atoms with Crippen molar-refractivity contribution in [3.8, 4) is 0 Å². The highest BCUT2D eigenvalue weighted by atomic mass is 31.0. The lowest BCUT2D eigenvalue weighted by Crippen LogP contribution is -1.68. The Morgan fingerprint density at radius 3 is 3.08 bits per heavy atom. The van der Waals surface area contributed by atoms with Crippen LogP contribution in [0.3, 0.4) is 0 Å². The zero-order valence-electron chi connectivity index (χ0n) is 6.67. The number of hydrogen-bond donors (Lipinski definition) is 0. The van der Waals surface area contributed by atoms with Crippen molar-refractivity contribution in [2.75, 3.05) is 0 Å². The highest BCUT2D eigenvalue weighted by Crippen LogP contribution is 2.39. The summed E-state index contributed by atoms with van der Waals surface area (Å²) in [6.07, 6.45) is 5.73. The van der Waals surface area contributed by atoms with Gasteiger partial charge in [-0.15, -0.1) is 8.19 Å². The second-order valence-corrected chi connectivity index (χ2v) is 4.56. The molecular weight excluding hydrogens is 163 g/mol. The van der Waals surface area contributed by atoms with Crippen molar-refractivity contribution in [3.05, 3.63) is 41.2 Å². The van der Waals surface area contributed by atoms with E-state index in [0.29, 0.717) is 0 Å². The van der Waals surface area contributed by atoms with Gasteiger partial charge in [0, 0.05) is 0 Å². The summed E-state index contributed by atoms with van der Waals surface area (Å²) in [7, 11) is 0.931. The number of fused-ring (bicyclic) bond motifs is 3. The Balaban J connectivity index is 2.51. The van der Waals surface area contributed by atoms with Gasteiger partial charge in [0.05, 0.1) is 0 Å². The lowest BCUT2D eigenvalue weighted by Gasteiger charge is -1.89. The second-order valence-electron chi connectivity index (χ2n) is 3.17. The molecule has 2 aromatic rings. The number of hydrogen-bond acceptors (Lipinski definition) is 0. The number of rotatable bonds is 0. The van der Waals surface area contributed by atoms with Gasteiger partial charge in [0.15, 0.2) is 0 Å². The second kappa shape index (κ2) is 2.24. The van der Waals surface area contributed by atoms with Crippen molar-refractivity contribution >= 4 is 24.8 Å². The van der Waals surface area contributed by atoms with Crippen molar-refractivity contribution in [3.63, 3.8) is 0 Å². The summed E-state index contributed by atoms with van der Waals surface area (Å²) in [4.78, 5) is 0. The van der Waals surface area contributed by atoms with Gasteiger partial charge in [-0.2, -0.15) is 0 Å². The topological polar surface area (TPSA) is 0 Å². The molecule has 0 spiro atoms. The normalized spacial score (nSPS) is 14.7. The Hall–Kier alpha value is -1.00. The van der Waals surface area contributed by atoms with E-state index < -0.39 is 0 Å². The summed E-state index contributed by atoms with van der Waals surface area (Å²) in [5.74, 6) is 0. The molecule has 1 aromatic carbocycles. The third-order valence-corrected chi connectivity index (χ3v) is 3.91. The molecule has 3 rings (SSSR count). The first-order valence-corrected chi connectivity index (χ1v) is 5.21. The van der Waals surface area contributed by atoms with Gasteiger partial charge in [-0.25, -0.2) is 0 Å². The van der Waals surface area contributed by atoms with E-state index in [-0.39, 0.29) is 0 Å². The first kappa shape index (κ1) is 6.51.